The molecule has 0 aromatic heterocycles. The minimum absolute atomic E-state index is 0.229. The lowest BCUT2D eigenvalue weighted by atomic mass is 10.0. The Bertz CT molecular complexity index is 305. The third-order valence-corrected chi connectivity index (χ3v) is 2.90. The predicted octanol–water partition coefficient (Wildman–Crippen LogP) is 1.75. The summed E-state index contributed by atoms with van der Waals surface area (Å²) in [6, 6.07) is 0.229. The number of carbonyl (C=O) groups is 1. The van der Waals surface area contributed by atoms with Gasteiger partial charge in [-0.05, 0) is 47.5 Å². The third-order valence-electron chi connectivity index (χ3n) is 2.90. The minimum atomic E-state index is -0.728. The first kappa shape index (κ1) is 16.2. The fourth-order valence-electron chi connectivity index (χ4n) is 2.03. The molecule has 1 heterocycles. The van der Waals surface area contributed by atoms with E-state index >= 15 is 0 Å². The van der Waals surface area contributed by atoms with Crippen molar-refractivity contribution in [2.45, 2.75) is 64.7 Å². The summed E-state index contributed by atoms with van der Waals surface area (Å²) in [6.07, 6.45) is 1.74. The normalized spacial score (nSPS) is 21.4. The van der Waals surface area contributed by atoms with Crippen LogP contribution in [-0.2, 0) is 4.74 Å². The van der Waals surface area contributed by atoms with E-state index in [0.29, 0.717) is 13.1 Å². The Morgan fingerprint density at radius 2 is 2.00 bits per heavy atom. The van der Waals surface area contributed by atoms with Crippen LogP contribution in [0.4, 0.5) is 4.79 Å². The largest absolute Gasteiger partial charge is 0.444 e. The van der Waals surface area contributed by atoms with Crippen LogP contribution in [0.5, 0.6) is 0 Å². The molecule has 1 rings (SSSR count). The molecular formula is C14H28N2O3. The van der Waals surface area contributed by atoms with Gasteiger partial charge in [-0.1, -0.05) is 0 Å². The molecule has 1 amide bonds. The minimum Gasteiger partial charge on any atom is -0.444 e. The van der Waals surface area contributed by atoms with Gasteiger partial charge in [-0.25, -0.2) is 4.79 Å². The highest BCUT2D eigenvalue weighted by Crippen LogP contribution is 2.15. The molecular weight excluding hydrogens is 244 g/mol. The van der Waals surface area contributed by atoms with Gasteiger partial charge in [0.2, 0.25) is 0 Å². The number of likely N-dealkylation sites (tertiary alicyclic amines) is 1. The van der Waals surface area contributed by atoms with Gasteiger partial charge in [0.15, 0.2) is 0 Å². The zero-order valence-corrected chi connectivity index (χ0v) is 12.8. The van der Waals surface area contributed by atoms with E-state index in [2.05, 4.69) is 5.32 Å². The van der Waals surface area contributed by atoms with Crippen LogP contribution >= 0.6 is 0 Å². The topological polar surface area (TPSA) is 61.8 Å². The summed E-state index contributed by atoms with van der Waals surface area (Å²) in [4.78, 5) is 13.7. The number of carbonyl (C=O) groups excluding carboxylic acids is 1. The Kier molecular flexibility index (Phi) is 5.21. The van der Waals surface area contributed by atoms with E-state index in [4.69, 9.17) is 4.74 Å². The molecule has 0 radical (unpaired) electrons. The number of amides is 1. The summed E-state index contributed by atoms with van der Waals surface area (Å²) in [5.74, 6) is 0. The molecule has 1 atom stereocenters. The summed E-state index contributed by atoms with van der Waals surface area (Å²) in [5, 5.41) is 13.0. The molecule has 1 aliphatic heterocycles. The second-order valence-corrected chi connectivity index (χ2v) is 6.96. The first-order chi connectivity index (χ1) is 8.57. The van der Waals surface area contributed by atoms with Crippen LogP contribution in [-0.4, -0.2) is 53.0 Å². The van der Waals surface area contributed by atoms with E-state index in [1.54, 1.807) is 18.7 Å². The van der Waals surface area contributed by atoms with Gasteiger partial charge in [0.1, 0.15) is 5.60 Å². The number of hydrogen-bond acceptors (Lipinski definition) is 4. The molecule has 0 bridgehead atoms. The van der Waals surface area contributed by atoms with E-state index in [-0.39, 0.29) is 12.1 Å². The van der Waals surface area contributed by atoms with Crippen molar-refractivity contribution in [2.75, 3.05) is 19.6 Å². The summed E-state index contributed by atoms with van der Waals surface area (Å²) in [7, 11) is 0. The van der Waals surface area contributed by atoms with Gasteiger partial charge in [0.05, 0.1) is 5.60 Å². The monoisotopic (exact) mass is 272 g/mol. The average Bonchev–Trinajstić information content (AvgIpc) is 2.23. The van der Waals surface area contributed by atoms with Gasteiger partial charge >= 0.3 is 6.09 Å². The average molecular weight is 272 g/mol. The number of piperidine rings is 1. The number of hydrogen-bond donors (Lipinski definition) is 2. The van der Waals surface area contributed by atoms with Crippen molar-refractivity contribution in [3.05, 3.63) is 0 Å². The number of ether oxygens (including phenoxy) is 1. The maximum atomic E-state index is 12.0. The van der Waals surface area contributed by atoms with Crippen molar-refractivity contribution < 1.29 is 14.6 Å². The molecule has 5 nitrogen and oxygen atoms in total. The van der Waals surface area contributed by atoms with Gasteiger partial charge in [0.25, 0.3) is 0 Å². The number of rotatable bonds is 3. The highest BCUT2D eigenvalue weighted by Gasteiger charge is 2.28. The summed E-state index contributed by atoms with van der Waals surface area (Å²) < 4.78 is 5.38. The van der Waals surface area contributed by atoms with E-state index < -0.39 is 11.2 Å². The number of nitrogens with zero attached hydrogens (tertiary/aromatic N) is 1. The maximum absolute atomic E-state index is 12.0. The molecule has 19 heavy (non-hydrogen) atoms. The lowest BCUT2D eigenvalue weighted by Crippen LogP contribution is -2.51. The van der Waals surface area contributed by atoms with Gasteiger partial charge in [-0.15, -0.1) is 0 Å². The van der Waals surface area contributed by atoms with E-state index in [0.717, 1.165) is 19.4 Å². The second-order valence-electron chi connectivity index (χ2n) is 6.96. The molecule has 1 fully saturated rings. The Balaban J connectivity index is 2.44. The Labute approximate surface area is 116 Å². The third kappa shape index (κ3) is 6.78. The summed E-state index contributed by atoms with van der Waals surface area (Å²) in [5.41, 5.74) is -1.18. The Morgan fingerprint density at radius 3 is 2.53 bits per heavy atom. The van der Waals surface area contributed by atoms with E-state index in [1.807, 2.05) is 20.8 Å². The molecule has 5 heteroatoms. The fourth-order valence-corrected chi connectivity index (χ4v) is 2.03. The molecule has 0 aromatic carbocycles. The Morgan fingerprint density at radius 1 is 1.37 bits per heavy atom. The van der Waals surface area contributed by atoms with Crippen molar-refractivity contribution in [1.82, 2.24) is 10.2 Å². The molecule has 2 N–H and O–H groups in total. The van der Waals surface area contributed by atoms with Crippen LogP contribution < -0.4 is 5.32 Å². The van der Waals surface area contributed by atoms with Crippen molar-refractivity contribution in [1.29, 1.82) is 0 Å². The van der Waals surface area contributed by atoms with Crippen LogP contribution in [0, 0.1) is 0 Å². The van der Waals surface area contributed by atoms with Gasteiger partial charge in [-0.3, -0.25) is 0 Å². The zero-order chi connectivity index (χ0) is 14.7. The summed E-state index contributed by atoms with van der Waals surface area (Å²) >= 11 is 0. The highest BCUT2D eigenvalue weighted by molar-refractivity contribution is 5.68. The molecule has 0 spiro atoms. The quantitative estimate of drug-likeness (QED) is 0.821. The maximum Gasteiger partial charge on any atom is 0.410 e. The number of aliphatic hydroxyl groups is 1. The lowest BCUT2D eigenvalue weighted by molar-refractivity contribution is 0.0172. The first-order valence-electron chi connectivity index (χ1n) is 7.00. The van der Waals surface area contributed by atoms with Gasteiger partial charge < -0.3 is 20.1 Å². The summed E-state index contributed by atoms with van der Waals surface area (Å²) in [6.45, 7) is 11.1. The van der Waals surface area contributed by atoms with Crippen LogP contribution in [0.15, 0.2) is 0 Å². The number of nitrogens with one attached hydrogen (secondary N) is 1. The highest BCUT2D eigenvalue weighted by atomic mass is 16.6. The van der Waals surface area contributed by atoms with Crippen LogP contribution in [0.1, 0.15) is 47.5 Å². The zero-order valence-electron chi connectivity index (χ0n) is 12.8. The van der Waals surface area contributed by atoms with Crippen molar-refractivity contribution >= 4 is 6.09 Å². The van der Waals surface area contributed by atoms with E-state index in [1.165, 1.54) is 0 Å². The van der Waals surface area contributed by atoms with Gasteiger partial charge in [0, 0.05) is 25.7 Å². The van der Waals surface area contributed by atoms with Crippen molar-refractivity contribution in [3.63, 3.8) is 0 Å². The van der Waals surface area contributed by atoms with Crippen LogP contribution in [0.3, 0.4) is 0 Å². The molecule has 112 valence electrons. The molecule has 0 saturated carbocycles. The predicted molar refractivity (Wildman–Crippen MR) is 75.1 cm³/mol. The SMILES string of the molecule is CC(C)(O)CNC1CCCN(C(=O)OC(C)(C)C)C1. The Hall–Kier alpha value is -0.810. The molecule has 0 aromatic rings. The smallest absolute Gasteiger partial charge is 0.410 e. The molecule has 1 unspecified atom stereocenters. The lowest BCUT2D eigenvalue weighted by Gasteiger charge is -2.35. The van der Waals surface area contributed by atoms with Crippen LogP contribution in [0.2, 0.25) is 0 Å². The second kappa shape index (κ2) is 6.09. The van der Waals surface area contributed by atoms with E-state index in [9.17, 15) is 9.90 Å². The molecule has 0 aliphatic carbocycles. The van der Waals surface area contributed by atoms with Crippen molar-refractivity contribution in [2.24, 2.45) is 0 Å². The fraction of sp³-hybridized carbons (Fsp3) is 0.929. The first-order valence-corrected chi connectivity index (χ1v) is 7.00. The van der Waals surface area contributed by atoms with Gasteiger partial charge in [-0.2, -0.15) is 0 Å². The standard InChI is InChI=1S/C14H28N2O3/c1-13(2,3)19-12(17)16-8-6-7-11(9-16)15-10-14(4,5)18/h11,15,18H,6-10H2,1-5H3. The van der Waals surface area contributed by atoms with Crippen molar-refractivity contribution in [3.8, 4) is 0 Å². The molecule has 1 aliphatic rings. The van der Waals surface area contributed by atoms with Crippen LogP contribution in [0.25, 0.3) is 0 Å². The molecule has 1 saturated heterocycles.